The van der Waals surface area contributed by atoms with Gasteiger partial charge < -0.3 is 9.47 Å². The number of ether oxygens (including phenoxy) is 2. The molecule has 1 N–H and O–H groups in total. The van der Waals surface area contributed by atoms with E-state index in [0.29, 0.717) is 22.3 Å². The van der Waals surface area contributed by atoms with Crippen molar-refractivity contribution in [2.45, 2.75) is 4.90 Å². The molecule has 0 saturated heterocycles. The maximum absolute atomic E-state index is 11.4. The minimum atomic E-state index is -4.32. The van der Waals surface area contributed by atoms with E-state index in [1.807, 2.05) is 30.3 Å². The van der Waals surface area contributed by atoms with E-state index in [2.05, 4.69) is 0 Å². The van der Waals surface area contributed by atoms with E-state index < -0.39 is 10.1 Å². The number of benzene rings is 3. The van der Waals surface area contributed by atoms with Gasteiger partial charge in [-0.1, -0.05) is 24.3 Å². The summed E-state index contributed by atoms with van der Waals surface area (Å²) in [5, 5.41) is 3.08. The highest BCUT2D eigenvalue weighted by molar-refractivity contribution is 7.85. The second kappa shape index (κ2) is 5.15. The van der Waals surface area contributed by atoms with Crippen molar-refractivity contribution in [3.63, 3.8) is 0 Å². The fraction of sp³-hybridized carbons (Fsp3) is 0.125. The van der Waals surface area contributed by atoms with Crippen LogP contribution in [0.2, 0.25) is 0 Å². The van der Waals surface area contributed by atoms with Gasteiger partial charge in [-0.05, 0) is 22.9 Å². The molecule has 0 heterocycles. The Kier molecular flexibility index (Phi) is 3.42. The standard InChI is InChI=1S/C16H14O5S/c1-20-14-9-12(22(17,18)19)8-11-7-10-5-3-4-6-13(10)16(21-2)15(11)14/h3-9H,1-2H3,(H,17,18,19). The fourth-order valence-corrected chi connectivity index (χ4v) is 3.15. The van der Waals surface area contributed by atoms with E-state index in [0.717, 1.165) is 10.8 Å². The van der Waals surface area contributed by atoms with E-state index in [9.17, 15) is 13.0 Å². The first kappa shape index (κ1) is 14.6. The summed E-state index contributed by atoms with van der Waals surface area (Å²) in [6, 6.07) is 12.1. The van der Waals surface area contributed by atoms with Crippen LogP contribution in [0, 0.1) is 0 Å². The number of hydrogen-bond donors (Lipinski definition) is 1. The van der Waals surface area contributed by atoms with Crippen molar-refractivity contribution in [2.24, 2.45) is 0 Å². The Balaban J connectivity index is 2.54. The summed E-state index contributed by atoms with van der Waals surface area (Å²) < 4.78 is 43.0. The summed E-state index contributed by atoms with van der Waals surface area (Å²) in [4.78, 5) is -0.214. The average Bonchev–Trinajstić information content (AvgIpc) is 2.50. The monoisotopic (exact) mass is 318 g/mol. The van der Waals surface area contributed by atoms with Crippen molar-refractivity contribution in [2.75, 3.05) is 14.2 Å². The van der Waals surface area contributed by atoms with Crippen LogP contribution < -0.4 is 9.47 Å². The Hall–Kier alpha value is -2.31. The highest BCUT2D eigenvalue weighted by Crippen LogP contribution is 2.41. The third-order valence-electron chi connectivity index (χ3n) is 3.57. The molecule has 0 aromatic heterocycles. The molecule has 22 heavy (non-hydrogen) atoms. The van der Waals surface area contributed by atoms with E-state index >= 15 is 0 Å². The van der Waals surface area contributed by atoms with Gasteiger partial charge in [-0.15, -0.1) is 0 Å². The Morgan fingerprint density at radius 1 is 0.955 bits per heavy atom. The Bertz CT molecular complexity index is 977. The molecule has 0 atom stereocenters. The molecular formula is C16H14O5S. The number of fused-ring (bicyclic) bond motifs is 2. The summed E-state index contributed by atoms with van der Waals surface area (Å²) in [6.07, 6.45) is 0. The first-order valence-electron chi connectivity index (χ1n) is 6.50. The highest BCUT2D eigenvalue weighted by atomic mass is 32.2. The third-order valence-corrected chi connectivity index (χ3v) is 4.40. The van der Waals surface area contributed by atoms with Gasteiger partial charge in [0.25, 0.3) is 10.1 Å². The molecule has 0 aliphatic heterocycles. The second-order valence-corrected chi connectivity index (χ2v) is 6.25. The molecule has 0 aliphatic carbocycles. The van der Waals surface area contributed by atoms with Crippen molar-refractivity contribution in [1.29, 1.82) is 0 Å². The van der Waals surface area contributed by atoms with Gasteiger partial charge in [-0.2, -0.15) is 8.42 Å². The Labute approximate surface area is 127 Å². The van der Waals surface area contributed by atoms with E-state index in [1.54, 1.807) is 7.11 Å². The molecule has 0 aliphatic rings. The number of hydrogen-bond acceptors (Lipinski definition) is 4. The summed E-state index contributed by atoms with van der Waals surface area (Å²) in [6.45, 7) is 0. The van der Waals surface area contributed by atoms with Crippen LogP contribution in [-0.2, 0) is 10.1 Å². The predicted octanol–water partition coefficient (Wildman–Crippen LogP) is 3.26. The van der Waals surface area contributed by atoms with Crippen LogP contribution >= 0.6 is 0 Å². The van der Waals surface area contributed by atoms with E-state index in [-0.39, 0.29) is 4.90 Å². The molecule has 0 bridgehead atoms. The van der Waals surface area contributed by atoms with Gasteiger partial charge in [0.2, 0.25) is 0 Å². The average molecular weight is 318 g/mol. The lowest BCUT2D eigenvalue weighted by Crippen LogP contribution is -2.00. The molecule has 0 unspecified atom stereocenters. The van der Waals surface area contributed by atoms with Crippen molar-refractivity contribution < 1.29 is 22.4 Å². The summed E-state index contributed by atoms with van der Waals surface area (Å²) in [5.74, 6) is 0.930. The SMILES string of the molecule is COc1cc(S(=O)(=O)O)cc2cc3ccccc3c(OC)c12. The molecule has 5 nitrogen and oxygen atoms in total. The lowest BCUT2D eigenvalue weighted by Gasteiger charge is -2.14. The molecule has 3 aromatic carbocycles. The lowest BCUT2D eigenvalue weighted by molar-refractivity contribution is 0.406. The maximum atomic E-state index is 11.4. The quantitative estimate of drug-likeness (QED) is 0.593. The summed E-state index contributed by atoms with van der Waals surface area (Å²) in [7, 11) is -1.33. The van der Waals surface area contributed by atoms with Crippen LogP contribution in [0.3, 0.4) is 0 Å². The molecule has 3 rings (SSSR count). The second-order valence-electron chi connectivity index (χ2n) is 4.83. The minimum Gasteiger partial charge on any atom is -0.496 e. The van der Waals surface area contributed by atoms with Gasteiger partial charge in [0.05, 0.1) is 24.5 Å². The van der Waals surface area contributed by atoms with Crippen LogP contribution in [0.4, 0.5) is 0 Å². The van der Waals surface area contributed by atoms with Crippen LogP contribution in [-0.4, -0.2) is 27.2 Å². The highest BCUT2D eigenvalue weighted by Gasteiger charge is 2.18. The zero-order chi connectivity index (χ0) is 15.9. The van der Waals surface area contributed by atoms with Gasteiger partial charge in [0.15, 0.2) is 0 Å². The van der Waals surface area contributed by atoms with Gasteiger partial charge in [0.1, 0.15) is 11.5 Å². The molecule has 0 radical (unpaired) electrons. The topological polar surface area (TPSA) is 72.8 Å². The van der Waals surface area contributed by atoms with Gasteiger partial charge in [-0.3, -0.25) is 4.55 Å². The van der Waals surface area contributed by atoms with Crippen molar-refractivity contribution in [3.8, 4) is 11.5 Å². The molecule has 0 spiro atoms. The molecule has 114 valence electrons. The predicted molar refractivity (Wildman–Crippen MR) is 84.4 cm³/mol. The van der Waals surface area contributed by atoms with Crippen LogP contribution in [0.25, 0.3) is 21.5 Å². The molecule has 0 amide bonds. The summed E-state index contributed by atoms with van der Waals surface area (Å²) >= 11 is 0. The summed E-state index contributed by atoms with van der Waals surface area (Å²) in [5.41, 5.74) is 0. The van der Waals surface area contributed by atoms with Gasteiger partial charge in [-0.25, -0.2) is 0 Å². The van der Waals surface area contributed by atoms with Crippen molar-refractivity contribution >= 4 is 31.7 Å². The zero-order valence-electron chi connectivity index (χ0n) is 12.0. The van der Waals surface area contributed by atoms with Crippen LogP contribution in [0.5, 0.6) is 11.5 Å². The Morgan fingerprint density at radius 3 is 2.32 bits per heavy atom. The fourth-order valence-electron chi connectivity index (χ4n) is 2.62. The van der Waals surface area contributed by atoms with Crippen LogP contribution in [0.1, 0.15) is 0 Å². The van der Waals surface area contributed by atoms with E-state index in [4.69, 9.17) is 9.47 Å². The van der Waals surface area contributed by atoms with E-state index in [1.165, 1.54) is 19.2 Å². The maximum Gasteiger partial charge on any atom is 0.294 e. The van der Waals surface area contributed by atoms with Crippen LogP contribution in [0.15, 0.2) is 47.4 Å². The van der Waals surface area contributed by atoms with Crippen molar-refractivity contribution in [1.82, 2.24) is 0 Å². The molecular weight excluding hydrogens is 304 g/mol. The minimum absolute atomic E-state index is 0.214. The third kappa shape index (κ3) is 2.26. The largest absolute Gasteiger partial charge is 0.496 e. The lowest BCUT2D eigenvalue weighted by atomic mass is 10.0. The number of rotatable bonds is 3. The number of methoxy groups -OCH3 is 2. The molecule has 0 saturated carbocycles. The molecule has 6 heteroatoms. The van der Waals surface area contributed by atoms with Crippen molar-refractivity contribution in [3.05, 3.63) is 42.5 Å². The zero-order valence-corrected chi connectivity index (χ0v) is 12.8. The first-order chi connectivity index (χ1) is 10.5. The first-order valence-corrected chi connectivity index (χ1v) is 7.94. The smallest absolute Gasteiger partial charge is 0.294 e. The van der Waals surface area contributed by atoms with Gasteiger partial charge >= 0.3 is 0 Å². The Morgan fingerprint density at radius 2 is 1.68 bits per heavy atom. The normalized spacial score (nSPS) is 11.8. The molecule has 3 aromatic rings. The van der Waals surface area contributed by atoms with Gasteiger partial charge in [0, 0.05) is 11.5 Å². The molecule has 0 fully saturated rings.